The van der Waals surface area contributed by atoms with Crippen LogP contribution in [-0.4, -0.2) is 41.7 Å². The van der Waals surface area contributed by atoms with Gasteiger partial charge in [0.1, 0.15) is 11.3 Å². The number of imide groups is 1. The van der Waals surface area contributed by atoms with Gasteiger partial charge >= 0.3 is 0 Å². The summed E-state index contributed by atoms with van der Waals surface area (Å²) in [6.07, 6.45) is -0.168. The summed E-state index contributed by atoms with van der Waals surface area (Å²) < 4.78 is 5.38. The molecule has 2 aromatic rings. The Bertz CT molecular complexity index is 1210. The molecule has 3 heterocycles. The number of carbonyl (C=O) groups is 4. The molecule has 4 atom stereocenters. The molecule has 4 amide bonds. The van der Waals surface area contributed by atoms with Crippen molar-refractivity contribution in [2.45, 2.75) is 31.5 Å². The number of nitrogens with two attached hydrogens (primary N) is 1. The largest absolute Gasteiger partial charge is 0.496 e. The monoisotopic (exact) mass is 448 g/mol. The summed E-state index contributed by atoms with van der Waals surface area (Å²) in [4.78, 5) is 53.7. The topological polar surface area (TPSA) is 131 Å². The molecule has 0 aliphatic carbocycles. The number of rotatable bonds is 5. The highest BCUT2D eigenvalue weighted by Gasteiger charge is 2.70. The molecule has 3 aliphatic heterocycles. The minimum atomic E-state index is -1.45. The number of fused-ring (bicyclic) bond motifs is 4. The lowest BCUT2D eigenvalue weighted by Crippen LogP contribution is -2.53. The van der Waals surface area contributed by atoms with Crippen LogP contribution in [0.25, 0.3) is 0 Å². The van der Waals surface area contributed by atoms with E-state index in [1.807, 2.05) is 19.1 Å². The standard InChI is InChI=1S/C24H24N4O5/c1-12-6-5-8-14-20(12)26-23(32)24(14)19-18(15(27-24)10-17(25)29)21(30)28(22(19)31)11-13-7-3-4-9-16(13)33-2/h3-9,15,18-19,27H,10-11H2,1-2H3,(H2,25,29)(H,26,32). The molecular formula is C24H24N4O5. The Morgan fingerprint density at radius 2 is 1.88 bits per heavy atom. The predicted molar refractivity (Wildman–Crippen MR) is 118 cm³/mol. The highest BCUT2D eigenvalue weighted by Crippen LogP contribution is 2.54. The van der Waals surface area contributed by atoms with Gasteiger partial charge in [-0.25, -0.2) is 0 Å². The zero-order chi connectivity index (χ0) is 23.5. The molecule has 4 N–H and O–H groups in total. The first kappa shape index (κ1) is 21.1. The number of aryl methyl sites for hydroxylation is 1. The Kier molecular flexibility index (Phi) is 4.75. The number of para-hydroxylation sites is 2. The van der Waals surface area contributed by atoms with E-state index < -0.39 is 47.0 Å². The van der Waals surface area contributed by atoms with Gasteiger partial charge in [-0.1, -0.05) is 36.4 Å². The normalized spacial score (nSPS) is 27.6. The zero-order valence-electron chi connectivity index (χ0n) is 18.3. The summed E-state index contributed by atoms with van der Waals surface area (Å²) in [5, 5.41) is 6.08. The van der Waals surface area contributed by atoms with Crippen LogP contribution in [0.1, 0.15) is 23.1 Å². The summed E-state index contributed by atoms with van der Waals surface area (Å²) >= 11 is 0. The van der Waals surface area contributed by atoms with Gasteiger partial charge in [0.2, 0.25) is 23.6 Å². The number of nitrogens with zero attached hydrogens (tertiary/aromatic N) is 1. The van der Waals surface area contributed by atoms with Crippen LogP contribution in [0.3, 0.4) is 0 Å². The van der Waals surface area contributed by atoms with Crippen molar-refractivity contribution in [1.29, 1.82) is 0 Å². The van der Waals surface area contributed by atoms with Gasteiger partial charge < -0.3 is 15.8 Å². The molecule has 9 heteroatoms. The first-order chi connectivity index (χ1) is 15.8. The number of hydrogen-bond donors (Lipinski definition) is 3. The van der Waals surface area contributed by atoms with Crippen molar-refractivity contribution < 1.29 is 23.9 Å². The van der Waals surface area contributed by atoms with Crippen LogP contribution in [0.5, 0.6) is 5.75 Å². The zero-order valence-corrected chi connectivity index (χ0v) is 18.3. The van der Waals surface area contributed by atoms with E-state index in [-0.39, 0.29) is 13.0 Å². The van der Waals surface area contributed by atoms with Crippen LogP contribution in [-0.2, 0) is 31.3 Å². The molecule has 2 saturated heterocycles. The molecule has 1 spiro atoms. The van der Waals surface area contributed by atoms with Gasteiger partial charge in [0.05, 0.1) is 25.5 Å². The fourth-order valence-corrected chi connectivity index (χ4v) is 5.59. The molecule has 2 fully saturated rings. The van der Waals surface area contributed by atoms with Gasteiger partial charge in [-0.3, -0.25) is 29.4 Å². The molecule has 0 bridgehead atoms. The van der Waals surface area contributed by atoms with Crippen LogP contribution < -0.4 is 21.1 Å². The average Bonchev–Trinajstić information content (AvgIpc) is 3.35. The number of hydrogen-bond acceptors (Lipinski definition) is 6. The van der Waals surface area contributed by atoms with Gasteiger partial charge in [0, 0.05) is 29.3 Å². The van der Waals surface area contributed by atoms with E-state index in [1.165, 1.54) is 12.0 Å². The van der Waals surface area contributed by atoms with E-state index >= 15 is 0 Å². The van der Waals surface area contributed by atoms with Crippen molar-refractivity contribution in [3.63, 3.8) is 0 Å². The Morgan fingerprint density at radius 3 is 2.61 bits per heavy atom. The first-order valence-electron chi connectivity index (χ1n) is 10.7. The van der Waals surface area contributed by atoms with Crippen LogP contribution in [0, 0.1) is 18.8 Å². The van der Waals surface area contributed by atoms with Crippen molar-refractivity contribution in [1.82, 2.24) is 10.2 Å². The second-order valence-electron chi connectivity index (χ2n) is 8.76. The van der Waals surface area contributed by atoms with Crippen LogP contribution >= 0.6 is 0 Å². The van der Waals surface area contributed by atoms with Crippen LogP contribution in [0.4, 0.5) is 5.69 Å². The van der Waals surface area contributed by atoms with Gasteiger partial charge in [-0.05, 0) is 18.6 Å². The Hall–Kier alpha value is -3.72. The minimum Gasteiger partial charge on any atom is -0.496 e. The van der Waals surface area contributed by atoms with Gasteiger partial charge in [-0.15, -0.1) is 0 Å². The summed E-state index contributed by atoms with van der Waals surface area (Å²) in [6.45, 7) is 1.87. The predicted octanol–water partition coefficient (Wildman–Crippen LogP) is 0.800. The Morgan fingerprint density at radius 1 is 1.12 bits per heavy atom. The number of likely N-dealkylation sites (tertiary alicyclic amines) is 1. The molecule has 5 rings (SSSR count). The molecule has 0 aromatic heterocycles. The molecular weight excluding hydrogens is 424 g/mol. The number of benzene rings is 2. The highest BCUT2D eigenvalue weighted by atomic mass is 16.5. The lowest BCUT2D eigenvalue weighted by molar-refractivity contribution is -0.143. The molecule has 170 valence electrons. The van der Waals surface area contributed by atoms with E-state index in [0.717, 1.165) is 5.56 Å². The molecule has 0 radical (unpaired) electrons. The Balaban J connectivity index is 1.61. The SMILES string of the molecule is COc1ccccc1CN1C(=O)C2C(CC(N)=O)NC3(C(=O)Nc4c(C)cccc43)C2C1=O. The lowest BCUT2D eigenvalue weighted by Gasteiger charge is -2.29. The second kappa shape index (κ2) is 7.41. The minimum absolute atomic E-state index is 0.0103. The van der Waals surface area contributed by atoms with Gasteiger partial charge in [-0.2, -0.15) is 0 Å². The molecule has 9 nitrogen and oxygen atoms in total. The maximum atomic E-state index is 13.8. The smallest absolute Gasteiger partial charge is 0.250 e. The molecule has 4 unspecified atom stereocenters. The Labute approximate surface area is 190 Å². The molecule has 33 heavy (non-hydrogen) atoms. The number of amides is 4. The fourth-order valence-electron chi connectivity index (χ4n) is 5.59. The number of carbonyl (C=O) groups excluding carboxylic acids is 4. The van der Waals surface area contributed by atoms with Crippen molar-refractivity contribution in [3.8, 4) is 5.75 Å². The number of anilines is 1. The molecule has 2 aromatic carbocycles. The quantitative estimate of drug-likeness (QED) is 0.580. The van der Waals surface area contributed by atoms with Gasteiger partial charge in [0.15, 0.2) is 0 Å². The third-order valence-corrected chi connectivity index (χ3v) is 6.99. The van der Waals surface area contributed by atoms with Crippen molar-refractivity contribution in [2.75, 3.05) is 12.4 Å². The summed E-state index contributed by atoms with van der Waals surface area (Å²) in [5.74, 6) is -3.25. The fraction of sp³-hybridized carbons (Fsp3) is 0.333. The number of methoxy groups -OCH3 is 1. The number of nitrogens with one attached hydrogen (secondary N) is 2. The highest BCUT2D eigenvalue weighted by molar-refractivity contribution is 6.15. The van der Waals surface area contributed by atoms with E-state index in [0.29, 0.717) is 22.6 Å². The maximum Gasteiger partial charge on any atom is 0.250 e. The third kappa shape index (κ3) is 2.88. The van der Waals surface area contributed by atoms with Crippen molar-refractivity contribution in [3.05, 3.63) is 59.2 Å². The van der Waals surface area contributed by atoms with Crippen molar-refractivity contribution in [2.24, 2.45) is 17.6 Å². The molecule has 0 saturated carbocycles. The molecule has 3 aliphatic rings. The lowest BCUT2D eigenvalue weighted by atomic mass is 9.76. The maximum absolute atomic E-state index is 13.8. The van der Waals surface area contributed by atoms with Crippen LogP contribution in [0.2, 0.25) is 0 Å². The van der Waals surface area contributed by atoms with E-state index in [4.69, 9.17) is 10.5 Å². The summed E-state index contributed by atoms with van der Waals surface area (Å²) in [6, 6.07) is 11.8. The van der Waals surface area contributed by atoms with Gasteiger partial charge in [0.25, 0.3) is 0 Å². The summed E-state index contributed by atoms with van der Waals surface area (Å²) in [7, 11) is 1.52. The number of ether oxygens (including phenoxy) is 1. The van der Waals surface area contributed by atoms with E-state index in [9.17, 15) is 19.2 Å². The van der Waals surface area contributed by atoms with Crippen LogP contribution in [0.15, 0.2) is 42.5 Å². The van der Waals surface area contributed by atoms with E-state index in [1.54, 1.807) is 30.3 Å². The van der Waals surface area contributed by atoms with E-state index in [2.05, 4.69) is 10.6 Å². The second-order valence-corrected chi connectivity index (χ2v) is 8.76. The average molecular weight is 448 g/mol. The third-order valence-electron chi connectivity index (χ3n) is 6.99. The summed E-state index contributed by atoms with van der Waals surface area (Å²) in [5.41, 5.74) is 6.76. The first-order valence-corrected chi connectivity index (χ1v) is 10.7. The van der Waals surface area contributed by atoms with Crippen molar-refractivity contribution >= 4 is 29.3 Å². The number of primary amides is 1.